The SMILES string of the molecule is O=C(OCc1cc2c(cc1Br)OCCO2)c1ccc(Cn2cccn2)cc1. The number of benzene rings is 2. The summed E-state index contributed by atoms with van der Waals surface area (Å²) in [5.41, 5.74) is 2.39. The largest absolute Gasteiger partial charge is 0.486 e. The minimum absolute atomic E-state index is 0.144. The van der Waals surface area contributed by atoms with Crippen LogP contribution in [0.15, 0.2) is 59.3 Å². The van der Waals surface area contributed by atoms with Crippen LogP contribution < -0.4 is 9.47 Å². The second-order valence-electron chi connectivity index (χ2n) is 6.06. The first-order chi connectivity index (χ1) is 13.2. The Morgan fingerprint density at radius 3 is 2.59 bits per heavy atom. The molecule has 7 heteroatoms. The van der Waals surface area contributed by atoms with Crippen LogP contribution in [0.25, 0.3) is 0 Å². The van der Waals surface area contributed by atoms with Gasteiger partial charge in [0.1, 0.15) is 19.8 Å². The van der Waals surface area contributed by atoms with Crippen LogP contribution in [0.1, 0.15) is 21.5 Å². The minimum Gasteiger partial charge on any atom is -0.486 e. The summed E-state index contributed by atoms with van der Waals surface area (Å²) >= 11 is 3.48. The monoisotopic (exact) mass is 428 g/mol. The van der Waals surface area contributed by atoms with E-state index in [0.29, 0.717) is 36.8 Å². The molecule has 2 heterocycles. The summed E-state index contributed by atoms with van der Waals surface area (Å²) in [7, 11) is 0. The zero-order chi connectivity index (χ0) is 18.6. The van der Waals surface area contributed by atoms with E-state index in [2.05, 4.69) is 21.0 Å². The number of fused-ring (bicyclic) bond motifs is 1. The molecule has 27 heavy (non-hydrogen) atoms. The molecule has 1 aliphatic rings. The molecule has 0 unspecified atom stereocenters. The highest BCUT2D eigenvalue weighted by Crippen LogP contribution is 2.35. The molecule has 2 aromatic carbocycles. The van der Waals surface area contributed by atoms with E-state index in [9.17, 15) is 4.79 Å². The fourth-order valence-electron chi connectivity index (χ4n) is 2.77. The zero-order valence-corrected chi connectivity index (χ0v) is 16.0. The van der Waals surface area contributed by atoms with Crippen molar-refractivity contribution in [1.29, 1.82) is 0 Å². The molecule has 0 bridgehead atoms. The first kappa shape index (κ1) is 17.6. The summed E-state index contributed by atoms with van der Waals surface area (Å²) in [4.78, 5) is 12.3. The van der Waals surface area contributed by atoms with E-state index in [4.69, 9.17) is 14.2 Å². The third-order valence-electron chi connectivity index (χ3n) is 4.16. The molecule has 1 aromatic heterocycles. The van der Waals surface area contributed by atoms with Gasteiger partial charge in [-0.05, 0) is 35.9 Å². The van der Waals surface area contributed by atoms with Gasteiger partial charge in [0.05, 0.1) is 12.1 Å². The first-order valence-corrected chi connectivity index (χ1v) is 9.30. The molecule has 0 fully saturated rings. The van der Waals surface area contributed by atoms with Gasteiger partial charge in [0.15, 0.2) is 11.5 Å². The highest BCUT2D eigenvalue weighted by Gasteiger charge is 2.16. The van der Waals surface area contributed by atoms with Crippen LogP contribution in [0.5, 0.6) is 11.5 Å². The van der Waals surface area contributed by atoms with Crippen molar-refractivity contribution in [1.82, 2.24) is 9.78 Å². The third kappa shape index (κ3) is 4.14. The van der Waals surface area contributed by atoms with Gasteiger partial charge in [0.2, 0.25) is 0 Å². The van der Waals surface area contributed by atoms with Crippen molar-refractivity contribution in [3.8, 4) is 11.5 Å². The van der Waals surface area contributed by atoms with E-state index in [1.807, 2.05) is 41.2 Å². The molecule has 0 aliphatic carbocycles. The zero-order valence-electron chi connectivity index (χ0n) is 14.4. The maximum absolute atomic E-state index is 12.3. The molecule has 0 atom stereocenters. The Hall–Kier alpha value is -2.80. The second kappa shape index (κ2) is 7.84. The van der Waals surface area contributed by atoms with Crippen LogP contribution in [-0.4, -0.2) is 29.0 Å². The lowest BCUT2D eigenvalue weighted by molar-refractivity contribution is 0.0471. The standard InChI is InChI=1S/C20H17BrN2O4/c21-17-11-19-18(25-8-9-26-19)10-16(17)13-27-20(24)15-4-2-14(3-5-15)12-23-7-1-6-22-23/h1-7,10-11H,8-9,12-13H2. The number of halogens is 1. The Morgan fingerprint density at radius 2 is 1.89 bits per heavy atom. The molecule has 0 N–H and O–H groups in total. The molecular weight excluding hydrogens is 412 g/mol. The van der Waals surface area contributed by atoms with Crippen LogP contribution >= 0.6 is 15.9 Å². The van der Waals surface area contributed by atoms with Gasteiger partial charge in [-0.3, -0.25) is 4.68 Å². The Labute approximate surface area is 164 Å². The fourth-order valence-corrected chi connectivity index (χ4v) is 3.21. The van der Waals surface area contributed by atoms with Crippen LogP contribution in [0.4, 0.5) is 0 Å². The van der Waals surface area contributed by atoms with Crippen LogP contribution in [0.3, 0.4) is 0 Å². The Balaban J connectivity index is 1.39. The Bertz CT molecular complexity index is 939. The molecule has 0 radical (unpaired) electrons. The summed E-state index contributed by atoms with van der Waals surface area (Å²) in [6.45, 7) is 1.85. The summed E-state index contributed by atoms with van der Waals surface area (Å²) in [5.74, 6) is 0.983. The van der Waals surface area contributed by atoms with Crippen LogP contribution in [0.2, 0.25) is 0 Å². The molecule has 0 spiro atoms. The van der Waals surface area contributed by atoms with Crippen molar-refractivity contribution >= 4 is 21.9 Å². The number of carbonyl (C=O) groups excluding carboxylic acids is 1. The minimum atomic E-state index is -0.373. The highest BCUT2D eigenvalue weighted by molar-refractivity contribution is 9.10. The smallest absolute Gasteiger partial charge is 0.338 e. The quantitative estimate of drug-likeness (QED) is 0.578. The maximum atomic E-state index is 12.3. The number of ether oxygens (including phenoxy) is 3. The molecule has 138 valence electrons. The molecule has 0 saturated heterocycles. The van der Waals surface area contributed by atoms with Crippen molar-refractivity contribution < 1.29 is 19.0 Å². The molecule has 3 aromatic rings. The molecule has 1 aliphatic heterocycles. The van der Waals surface area contributed by atoms with Gasteiger partial charge in [-0.1, -0.05) is 28.1 Å². The summed E-state index contributed by atoms with van der Waals surface area (Å²) in [5, 5.41) is 4.17. The van der Waals surface area contributed by atoms with E-state index in [1.54, 1.807) is 18.3 Å². The normalized spacial score (nSPS) is 12.6. The average Bonchev–Trinajstić information content (AvgIpc) is 3.19. The lowest BCUT2D eigenvalue weighted by Crippen LogP contribution is -2.15. The van der Waals surface area contributed by atoms with E-state index in [0.717, 1.165) is 15.6 Å². The van der Waals surface area contributed by atoms with Gasteiger partial charge in [-0.15, -0.1) is 0 Å². The predicted molar refractivity (Wildman–Crippen MR) is 102 cm³/mol. The van der Waals surface area contributed by atoms with Gasteiger partial charge in [-0.2, -0.15) is 5.10 Å². The predicted octanol–water partition coefficient (Wildman–Crippen LogP) is 3.82. The van der Waals surface area contributed by atoms with E-state index < -0.39 is 0 Å². The number of nitrogens with zero attached hydrogens (tertiary/aromatic N) is 2. The Morgan fingerprint density at radius 1 is 1.15 bits per heavy atom. The lowest BCUT2D eigenvalue weighted by Gasteiger charge is -2.19. The number of esters is 1. The van der Waals surface area contributed by atoms with E-state index in [-0.39, 0.29) is 12.6 Å². The summed E-state index contributed by atoms with van der Waals surface area (Å²) < 4.78 is 19.2. The van der Waals surface area contributed by atoms with E-state index in [1.165, 1.54) is 0 Å². The topological polar surface area (TPSA) is 62.6 Å². The van der Waals surface area contributed by atoms with Gasteiger partial charge in [0, 0.05) is 22.4 Å². The van der Waals surface area contributed by atoms with E-state index >= 15 is 0 Å². The van der Waals surface area contributed by atoms with Gasteiger partial charge >= 0.3 is 5.97 Å². The Kier molecular flexibility index (Phi) is 5.11. The van der Waals surface area contributed by atoms with Crippen LogP contribution in [-0.2, 0) is 17.9 Å². The van der Waals surface area contributed by atoms with Crippen molar-refractivity contribution in [3.63, 3.8) is 0 Å². The molecular formula is C20H17BrN2O4. The second-order valence-corrected chi connectivity index (χ2v) is 6.92. The molecule has 6 nitrogen and oxygen atoms in total. The average molecular weight is 429 g/mol. The number of aromatic nitrogens is 2. The number of carbonyl (C=O) groups is 1. The third-order valence-corrected chi connectivity index (χ3v) is 4.90. The van der Waals surface area contributed by atoms with Crippen molar-refractivity contribution in [2.75, 3.05) is 13.2 Å². The molecule has 4 rings (SSSR count). The van der Waals surface area contributed by atoms with Gasteiger partial charge in [-0.25, -0.2) is 4.79 Å². The first-order valence-electron chi connectivity index (χ1n) is 8.50. The fraction of sp³-hybridized carbons (Fsp3) is 0.200. The summed E-state index contributed by atoms with van der Waals surface area (Å²) in [6, 6.07) is 12.9. The molecule has 0 amide bonds. The van der Waals surface area contributed by atoms with Gasteiger partial charge in [0.25, 0.3) is 0 Å². The van der Waals surface area contributed by atoms with Crippen LogP contribution in [0, 0.1) is 0 Å². The number of hydrogen-bond acceptors (Lipinski definition) is 5. The lowest BCUT2D eigenvalue weighted by atomic mass is 10.1. The van der Waals surface area contributed by atoms with Gasteiger partial charge < -0.3 is 14.2 Å². The number of rotatable bonds is 5. The summed E-state index contributed by atoms with van der Waals surface area (Å²) in [6.07, 6.45) is 3.63. The van der Waals surface area contributed by atoms with Crippen molar-refractivity contribution in [3.05, 3.63) is 76.0 Å². The van der Waals surface area contributed by atoms with Crippen molar-refractivity contribution in [2.45, 2.75) is 13.2 Å². The number of hydrogen-bond donors (Lipinski definition) is 0. The van der Waals surface area contributed by atoms with Crippen molar-refractivity contribution in [2.24, 2.45) is 0 Å². The molecule has 0 saturated carbocycles. The highest BCUT2D eigenvalue weighted by atomic mass is 79.9. The maximum Gasteiger partial charge on any atom is 0.338 e.